The van der Waals surface area contributed by atoms with Crippen molar-refractivity contribution in [2.75, 3.05) is 18.1 Å². The molecule has 1 saturated carbocycles. The van der Waals surface area contributed by atoms with Crippen LogP contribution in [-0.4, -0.2) is 31.0 Å². The van der Waals surface area contributed by atoms with Gasteiger partial charge in [-0.15, -0.1) is 0 Å². The van der Waals surface area contributed by atoms with Gasteiger partial charge >= 0.3 is 0 Å². The van der Waals surface area contributed by atoms with E-state index in [-0.39, 0.29) is 18.4 Å². The van der Waals surface area contributed by atoms with Crippen molar-refractivity contribution < 1.29 is 14.3 Å². The summed E-state index contributed by atoms with van der Waals surface area (Å²) in [5, 5.41) is 2.90. The standard InChI is InChI=1S/C14H16N2O3/c17-13(15-10-5-6-10)9-16-11-3-1-2-4-12(11)19-8-7-14(16)18/h1-4,10H,5-9H2,(H,15,17). The molecule has 1 aromatic rings. The van der Waals surface area contributed by atoms with E-state index in [0.29, 0.717) is 30.5 Å². The molecule has 100 valence electrons. The second kappa shape index (κ2) is 4.91. The number of para-hydroxylation sites is 2. The SMILES string of the molecule is O=C(CN1C(=O)CCOc2ccccc21)NC1CC1. The van der Waals surface area contributed by atoms with Crippen molar-refractivity contribution in [2.45, 2.75) is 25.3 Å². The van der Waals surface area contributed by atoms with Crippen molar-refractivity contribution in [2.24, 2.45) is 0 Å². The number of anilines is 1. The number of carbonyl (C=O) groups is 2. The third kappa shape index (κ3) is 2.70. The molecular weight excluding hydrogens is 244 g/mol. The number of hydrogen-bond acceptors (Lipinski definition) is 3. The Labute approximate surface area is 111 Å². The van der Waals surface area contributed by atoms with Crippen molar-refractivity contribution in [1.29, 1.82) is 0 Å². The van der Waals surface area contributed by atoms with Crippen LogP contribution in [0.2, 0.25) is 0 Å². The molecule has 1 aromatic carbocycles. The average Bonchev–Trinajstić information content (AvgIpc) is 3.20. The van der Waals surface area contributed by atoms with Crippen LogP contribution < -0.4 is 15.0 Å². The summed E-state index contributed by atoms with van der Waals surface area (Å²) >= 11 is 0. The summed E-state index contributed by atoms with van der Waals surface area (Å²) in [6.07, 6.45) is 2.38. The zero-order valence-electron chi connectivity index (χ0n) is 10.6. The molecule has 0 radical (unpaired) electrons. The number of nitrogens with zero attached hydrogens (tertiary/aromatic N) is 1. The average molecular weight is 260 g/mol. The van der Waals surface area contributed by atoms with Gasteiger partial charge in [0, 0.05) is 6.04 Å². The van der Waals surface area contributed by atoms with E-state index in [1.807, 2.05) is 24.3 Å². The third-order valence-electron chi connectivity index (χ3n) is 3.27. The molecule has 1 heterocycles. The molecule has 1 aliphatic carbocycles. The maximum absolute atomic E-state index is 12.1. The molecule has 0 atom stereocenters. The third-order valence-corrected chi connectivity index (χ3v) is 3.27. The lowest BCUT2D eigenvalue weighted by molar-refractivity contribution is -0.124. The summed E-state index contributed by atoms with van der Waals surface area (Å²) in [6.45, 7) is 0.423. The fraction of sp³-hybridized carbons (Fsp3) is 0.429. The van der Waals surface area contributed by atoms with E-state index in [9.17, 15) is 9.59 Å². The van der Waals surface area contributed by atoms with Gasteiger partial charge in [-0.1, -0.05) is 12.1 Å². The minimum absolute atomic E-state index is 0.0652. The first kappa shape index (κ1) is 12.0. The van der Waals surface area contributed by atoms with E-state index >= 15 is 0 Å². The van der Waals surface area contributed by atoms with Crippen molar-refractivity contribution in [1.82, 2.24) is 5.32 Å². The Bertz CT molecular complexity index is 511. The van der Waals surface area contributed by atoms with Crippen LogP contribution in [-0.2, 0) is 9.59 Å². The van der Waals surface area contributed by atoms with Crippen LogP contribution in [0.25, 0.3) is 0 Å². The Kier molecular flexibility index (Phi) is 3.11. The predicted molar refractivity (Wildman–Crippen MR) is 70.1 cm³/mol. The van der Waals surface area contributed by atoms with E-state index < -0.39 is 0 Å². The molecule has 3 rings (SSSR count). The van der Waals surface area contributed by atoms with E-state index in [2.05, 4.69) is 5.32 Å². The highest BCUT2D eigenvalue weighted by atomic mass is 16.5. The fourth-order valence-corrected chi connectivity index (χ4v) is 2.14. The molecule has 1 aliphatic heterocycles. The number of rotatable bonds is 3. The number of amides is 2. The summed E-state index contributed by atoms with van der Waals surface area (Å²) < 4.78 is 5.53. The van der Waals surface area contributed by atoms with Crippen LogP contribution in [0.4, 0.5) is 5.69 Å². The molecule has 5 heteroatoms. The van der Waals surface area contributed by atoms with E-state index in [4.69, 9.17) is 4.74 Å². The highest BCUT2D eigenvalue weighted by Gasteiger charge is 2.28. The monoisotopic (exact) mass is 260 g/mol. The zero-order valence-corrected chi connectivity index (χ0v) is 10.6. The second-order valence-corrected chi connectivity index (χ2v) is 4.89. The van der Waals surface area contributed by atoms with E-state index in [1.165, 1.54) is 4.90 Å². The number of carbonyl (C=O) groups excluding carboxylic acids is 2. The van der Waals surface area contributed by atoms with Gasteiger partial charge in [0.2, 0.25) is 11.8 Å². The van der Waals surface area contributed by atoms with Crippen LogP contribution in [0.3, 0.4) is 0 Å². The molecule has 0 unspecified atom stereocenters. The number of ether oxygens (including phenoxy) is 1. The maximum atomic E-state index is 12.1. The van der Waals surface area contributed by atoms with Crippen LogP contribution in [0.1, 0.15) is 19.3 Å². The van der Waals surface area contributed by atoms with Gasteiger partial charge in [-0.05, 0) is 25.0 Å². The fourth-order valence-electron chi connectivity index (χ4n) is 2.14. The van der Waals surface area contributed by atoms with Gasteiger partial charge in [0.1, 0.15) is 12.3 Å². The molecule has 5 nitrogen and oxygen atoms in total. The van der Waals surface area contributed by atoms with Crippen LogP contribution in [0.5, 0.6) is 5.75 Å². The molecular formula is C14H16N2O3. The maximum Gasteiger partial charge on any atom is 0.240 e. The van der Waals surface area contributed by atoms with Gasteiger partial charge in [-0.25, -0.2) is 0 Å². The van der Waals surface area contributed by atoms with Crippen molar-refractivity contribution in [3.63, 3.8) is 0 Å². The van der Waals surface area contributed by atoms with E-state index in [0.717, 1.165) is 12.8 Å². The van der Waals surface area contributed by atoms with Gasteiger partial charge in [-0.3, -0.25) is 14.5 Å². The highest BCUT2D eigenvalue weighted by molar-refractivity contribution is 6.00. The number of hydrogen-bond donors (Lipinski definition) is 1. The second-order valence-electron chi connectivity index (χ2n) is 4.89. The molecule has 2 aliphatic rings. The normalized spacial score (nSPS) is 18.3. The summed E-state index contributed by atoms with van der Waals surface area (Å²) in [7, 11) is 0. The topological polar surface area (TPSA) is 58.6 Å². The first-order valence-corrected chi connectivity index (χ1v) is 6.55. The van der Waals surface area contributed by atoms with Gasteiger partial charge in [-0.2, -0.15) is 0 Å². The van der Waals surface area contributed by atoms with Crippen molar-refractivity contribution in [3.05, 3.63) is 24.3 Å². The first-order chi connectivity index (χ1) is 9.24. The Balaban J connectivity index is 1.80. The van der Waals surface area contributed by atoms with Crippen molar-refractivity contribution >= 4 is 17.5 Å². The molecule has 0 saturated heterocycles. The predicted octanol–water partition coefficient (Wildman–Crippen LogP) is 1.08. The Morgan fingerprint density at radius 3 is 2.95 bits per heavy atom. The van der Waals surface area contributed by atoms with Crippen molar-refractivity contribution in [3.8, 4) is 5.75 Å². The van der Waals surface area contributed by atoms with E-state index in [1.54, 1.807) is 0 Å². The van der Waals surface area contributed by atoms with Gasteiger partial charge in [0.25, 0.3) is 0 Å². The molecule has 0 bridgehead atoms. The van der Waals surface area contributed by atoms with Crippen LogP contribution in [0.15, 0.2) is 24.3 Å². The Morgan fingerprint density at radius 1 is 1.37 bits per heavy atom. The molecule has 0 spiro atoms. The van der Waals surface area contributed by atoms with Gasteiger partial charge < -0.3 is 10.1 Å². The van der Waals surface area contributed by atoms with Gasteiger partial charge in [0.05, 0.1) is 18.7 Å². The summed E-state index contributed by atoms with van der Waals surface area (Å²) in [4.78, 5) is 25.5. The quantitative estimate of drug-likeness (QED) is 0.884. The number of nitrogens with one attached hydrogen (secondary N) is 1. The minimum Gasteiger partial charge on any atom is -0.491 e. The van der Waals surface area contributed by atoms with Crippen LogP contribution >= 0.6 is 0 Å². The lowest BCUT2D eigenvalue weighted by Gasteiger charge is -2.21. The zero-order chi connectivity index (χ0) is 13.2. The summed E-state index contributed by atoms with van der Waals surface area (Å²) in [5.74, 6) is 0.482. The molecule has 1 fully saturated rings. The number of benzene rings is 1. The van der Waals surface area contributed by atoms with Crippen LogP contribution in [0, 0.1) is 0 Å². The Hall–Kier alpha value is -2.04. The van der Waals surface area contributed by atoms with Gasteiger partial charge in [0.15, 0.2) is 0 Å². The molecule has 2 amide bonds. The minimum atomic E-state index is -0.104. The Morgan fingerprint density at radius 2 is 2.16 bits per heavy atom. The first-order valence-electron chi connectivity index (χ1n) is 6.55. The molecule has 19 heavy (non-hydrogen) atoms. The molecule has 0 aromatic heterocycles. The molecule has 1 N–H and O–H groups in total. The summed E-state index contributed by atoms with van der Waals surface area (Å²) in [6, 6.07) is 7.63. The lowest BCUT2D eigenvalue weighted by atomic mass is 10.2. The highest BCUT2D eigenvalue weighted by Crippen LogP contribution is 2.30. The number of fused-ring (bicyclic) bond motifs is 1. The largest absolute Gasteiger partial charge is 0.491 e. The lowest BCUT2D eigenvalue weighted by Crippen LogP contribution is -2.41. The smallest absolute Gasteiger partial charge is 0.240 e. The summed E-state index contributed by atoms with van der Waals surface area (Å²) in [5.41, 5.74) is 0.677.